The Labute approximate surface area is 109 Å². The molecule has 0 spiro atoms. The van der Waals surface area contributed by atoms with E-state index in [9.17, 15) is 10.1 Å². The monoisotopic (exact) mass is 268 g/mol. The van der Waals surface area contributed by atoms with Crippen molar-refractivity contribution in [1.29, 1.82) is 0 Å². The number of thioether (sulfide) groups is 1. The quantitative estimate of drug-likeness (QED) is 0.369. The molecule has 0 amide bonds. The van der Waals surface area contributed by atoms with Gasteiger partial charge in [0.15, 0.2) is 5.03 Å². The van der Waals surface area contributed by atoms with Crippen LogP contribution in [0.1, 0.15) is 25.7 Å². The van der Waals surface area contributed by atoms with Crippen molar-refractivity contribution in [3.05, 3.63) is 22.2 Å². The van der Waals surface area contributed by atoms with Gasteiger partial charge in [0, 0.05) is 11.8 Å². The minimum atomic E-state index is -0.399. The van der Waals surface area contributed by atoms with E-state index in [-0.39, 0.29) is 5.69 Å². The van der Waals surface area contributed by atoms with Crippen LogP contribution in [0.5, 0.6) is 0 Å². The van der Waals surface area contributed by atoms with Crippen LogP contribution in [0, 0.1) is 16.0 Å². The van der Waals surface area contributed by atoms with Crippen LogP contribution in [-0.4, -0.2) is 15.7 Å². The van der Waals surface area contributed by atoms with Gasteiger partial charge in [-0.3, -0.25) is 10.1 Å². The van der Waals surface area contributed by atoms with Gasteiger partial charge in [0.05, 0.1) is 4.92 Å². The van der Waals surface area contributed by atoms with Crippen molar-refractivity contribution < 1.29 is 4.92 Å². The molecular formula is C11H16N4O2S. The molecule has 1 saturated carbocycles. The number of hydrazine groups is 1. The van der Waals surface area contributed by atoms with Crippen molar-refractivity contribution in [3.63, 3.8) is 0 Å². The maximum atomic E-state index is 10.9. The molecule has 7 heteroatoms. The lowest BCUT2D eigenvalue weighted by molar-refractivity contribution is -0.388. The Balaban J connectivity index is 2.10. The van der Waals surface area contributed by atoms with E-state index in [1.165, 1.54) is 49.6 Å². The predicted molar refractivity (Wildman–Crippen MR) is 71.4 cm³/mol. The first-order chi connectivity index (χ1) is 8.70. The zero-order valence-electron chi connectivity index (χ0n) is 9.96. The van der Waals surface area contributed by atoms with Gasteiger partial charge in [-0.05, 0) is 24.8 Å². The molecule has 1 aliphatic rings. The maximum Gasteiger partial charge on any atom is 0.301 e. The van der Waals surface area contributed by atoms with Gasteiger partial charge in [-0.15, -0.1) is 0 Å². The van der Waals surface area contributed by atoms with Crippen molar-refractivity contribution in [2.75, 3.05) is 11.2 Å². The fourth-order valence-electron chi connectivity index (χ4n) is 2.13. The number of hydrogen-bond acceptors (Lipinski definition) is 6. The summed E-state index contributed by atoms with van der Waals surface area (Å²) >= 11 is 1.45. The molecule has 3 N–H and O–H groups in total. The second-order valence-corrected chi connectivity index (χ2v) is 5.39. The highest BCUT2D eigenvalue weighted by Gasteiger charge is 2.20. The largest absolute Gasteiger partial charge is 0.308 e. The zero-order chi connectivity index (χ0) is 13.0. The second-order valence-electron chi connectivity index (χ2n) is 4.38. The van der Waals surface area contributed by atoms with E-state index in [2.05, 4.69) is 10.4 Å². The number of rotatable bonds is 5. The van der Waals surface area contributed by atoms with E-state index in [0.717, 1.165) is 5.75 Å². The number of hydrogen-bond donors (Lipinski definition) is 2. The van der Waals surface area contributed by atoms with Crippen molar-refractivity contribution >= 4 is 23.3 Å². The van der Waals surface area contributed by atoms with Gasteiger partial charge < -0.3 is 5.43 Å². The van der Waals surface area contributed by atoms with Crippen LogP contribution >= 0.6 is 11.8 Å². The highest BCUT2D eigenvalue weighted by atomic mass is 32.2. The summed E-state index contributed by atoms with van der Waals surface area (Å²) in [5, 5.41) is 11.4. The second kappa shape index (κ2) is 6.01. The fourth-order valence-corrected chi connectivity index (χ4v) is 3.31. The molecule has 1 heterocycles. The van der Waals surface area contributed by atoms with Crippen molar-refractivity contribution in [2.24, 2.45) is 11.8 Å². The Morgan fingerprint density at radius 2 is 2.22 bits per heavy atom. The molecule has 1 fully saturated rings. The van der Waals surface area contributed by atoms with E-state index >= 15 is 0 Å². The lowest BCUT2D eigenvalue weighted by Gasteiger charge is -2.08. The molecule has 6 nitrogen and oxygen atoms in total. The topological polar surface area (TPSA) is 94.1 Å². The molecule has 1 aliphatic carbocycles. The molecule has 18 heavy (non-hydrogen) atoms. The van der Waals surface area contributed by atoms with Gasteiger partial charge >= 0.3 is 5.69 Å². The van der Waals surface area contributed by atoms with E-state index in [1.54, 1.807) is 0 Å². The molecule has 0 atom stereocenters. The number of nitrogens with two attached hydrogens (primary N) is 1. The average molecular weight is 268 g/mol. The SMILES string of the molecule is NNc1ccc([N+](=O)[O-])c(SCC2CCCC2)n1. The summed E-state index contributed by atoms with van der Waals surface area (Å²) in [4.78, 5) is 14.7. The average Bonchev–Trinajstić information content (AvgIpc) is 2.88. The third-order valence-electron chi connectivity index (χ3n) is 3.12. The predicted octanol–water partition coefficient (Wildman–Crippen LogP) is 2.56. The third kappa shape index (κ3) is 3.11. The first kappa shape index (κ1) is 13.1. The number of nitrogen functional groups attached to an aromatic ring is 1. The summed E-state index contributed by atoms with van der Waals surface area (Å²) < 4.78 is 0. The molecular weight excluding hydrogens is 252 g/mol. The summed E-state index contributed by atoms with van der Waals surface area (Å²) in [5.74, 6) is 7.27. The number of nitro groups is 1. The lowest BCUT2D eigenvalue weighted by atomic mass is 10.1. The van der Waals surface area contributed by atoms with Gasteiger partial charge in [0.2, 0.25) is 0 Å². The summed E-state index contributed by atoms with van der Waals surface area (Å²) in [6, 6.07) is 2.96. The summed E-state index contributed by atoms with van der Waals surface area (Å²) in [5.41, 5.74) is 2.47. The normalized spacial score (nSPS) is 15.8. The zero-order valence-corrected chi connectivity index (χ0v) is 10.8. The highest BCUT2D eigenvalue weighted by molar-refractivity contribution is 7.99. The first-order valence-electron chi connectivity index (χ1n) is 5.95. The van der Waals surface area contributed by atoms with Gasteiger partial charge in [-0.25, -0.2) is 10.8 Å². The summed E-state index contributed by atoms with van der Waals surface area (Å²) in [6.45, 7) is 0. The number of nitrogens with zero attached hydrogens (tertiary/aromatic N) is 2. The Hall–Kier alpha value is -1.34. The third-order valence-corrected chi connectivity index (χ3v) is 4.33. The van der Waals surface area contributed by atoms with Crippen LogP contribution < -0.4 is 11.3 Å². The standard InChI is InChI=1S/C11H16N4O2S/c12-14-10-6-5-9(15(16)17)11(13-10)18-7-8-3-1-2-4-8/h5-6,8H,1-4,7,12H2,(H,13,14). The van der Waals surface area contributed by atoms with E-state index in [4.69, 9.17) is 5.84 Å². The minimum Gasteiger partial charge on any atom is -0.308 e. The van der Waals surface area contributed by atoms with Gasteiger partial charge in [-0.1, -0.05) is 24.6 Å². The lowest BCUT2D eigenvalue weighted by Crippen LogP contribution is -2.09. The molecule has 0 bridgehead atoms. The van der Waals surface area contributed by atoms with E-state index in [1.807, 2.05) is 0 Å². The van der Waals surface area contributed by atoms with Crippen LogP contribution in [-0.2, 0) is 0 Å². The molecule has 1 aromatic rings. The summed E-state index contributed by atoms with van der Waals surface area (Å²) in [7, 11) is 0. The Kier molecular flexibility index (Phi) is 4.38. The molecule has 1 aromatic heterocycles. The molecule has 0 saturated heterocycles. The smallest absolute Gasteiger partial charge is 0.301 e. The molecule has 98 valence electrons. The van der Waals surface area contributed by atoms with Crippen LogP contribution in [0.2, 0.25) is 0 Å². The number of aromatic nitrogens is 1. The van der Waals surface area contributed by atoms with E-state index < -0.39 is 4.92 Å². The number of nitrogens with one attached hydrogen (secondary N) is 1. The Bertz CT molecular complexity index is 435. The van der Waals surface area contributed by atoms with Crippen LogP contribution in [0.15, 0.2) is 17.2 Å². The van der Waals surface area contributed by atoms with Gasteiger partial charge in [0.25, 0.3) is 0 Å². The van der Waals surface area contributed by atoms with Crippen LogP contribution in [0.3, 0.4) is 0 Å². The first-order valence-corrected chi connectivity index (χ1v) is 6.94. The molecule has 0 aromatic carbocycles. The van der Waals surface area contributed by atoms with Crippen LogP contribution in [0.25, 0.3) is 0 Å². The van der Waals surface area contributed by atoms with Gasteiger partial charge in [0.1, 0.15) is 5.82 Å². The molecule has 2 rings (SSSR count). The fraction of sp³-hybridized carbons (Fsp3) is 0.545. The van der Waals surface area contributed by atoms with Crippen molar-refractivity contribution in [1.82, 2.24) is 4.98 Å². The number of anilines is 1. The van der Waals surface area contributed by atoms with Crippen molar-refractivity contribution in [2.45, 2.75) is 30.7 Å². The van der Waals surface area contributed by atoms with Gasteiger partial charge in [-0.2, -0.15) is 0 Å². The molecule has 0 radical (unpaired) electrons. The number of pyridine rings is 1. The Morgan fingerprint density at radius 1 is 1.50 bits per heavy atom. The Morgan fingerprint density at radius 3 is 2.83 bits per heavy atom. The molecule has 0 aliphatic heterocycles. The van der Waals surface area contributed by atoms with E-state index in [0.29, 0.717) is 16.8 Å². The minimum absolute atomic E-state index is 0.0528. The molecule has 0 unspecified atom stereocenters. The van der Waals surface area contributed by atoms with Crippen molar-refractivity contribution in [3.8, 4) is 0 Å². The maximum absolute atomic E-state index is 10.9. The highest BCUT2D eigenvalue weighted by Crippen LogP contribution is 2.34. The summed E-state index contributed by atoms with van der Waals surface area (Å²) in [6.07, 6.45) is 4.97. The van der Waals surface area contributed by atoms with Crippen LogP contribution in [0.4, 0.5) is 11.5 Å².